The van der Waals surface area contributed by atoms with Gasteiger partial charge in [0.15, 0.2) is 0 Å². The first-order valence-corrected chi connectivity index (χ1v) is 9.37. The quantitative estimate of drug-likeness (QED) is 0.152. The number of nitrogens with one attached hydrogen (secondary N) is 6. The second kappa shape index (κ2) is 16.0. The highest BCUT2D eigenvalue weighted by Crippen LogP contribution is 1.99. The number of carbonyl (C=O) groups excluding carboxylic acids is 2. The smallest absolute Gasteiger partial charge is 0.237 e. The molecule has 0 spiro atoms. The molecule has 154 valence electrons. The zero-order valence-corrected chi connectivity index (χ0v) is 16.7. The van der Waals surface area contributed by atoms with Crippen molar-refractivity contribution in [2.75, 3.05) is 54.4 Å². The summed E-state index contributed by atoms with van der Waals surface area (Å²) in [4.78, 5) is 24.2. The van der Waals surface area contributed by atoms with E-state index in [1.54, 1.807) is 21.1 Å². The lowest BCUT2D eigenvalue weighted by molar-refractivity contribution is -0.123. The van der Waals surface area contributed by atoms with E-state index in [1.807, 2.05) is 7.05 Å². The van der Waals surface area contributed by atoms with E-state index in [9.17, 15) is 14.7 Å². The molecule has 0 aromatic carbocycles. The number of hydrogen-bond acceptors (Lipinski definition) is 7. The molecule has 26 heavy (non-hydrogen) atoms. The predicted octanol–water partition coefficient (Wildman–Crippen LogP) is -2.25. The van der Waals surface area contributed by atoms with Crippen molar-refractivity contribution in [1.82, 2.24) is 31.9 Å². The number of likely N-dealkylation sites (N-methyl/N-ethyl adjacent to an activating group) is 3. The van der Waals surface area contributed by atoms with E-state index >= 15 is 0 Å². The van der Waals surface area contributed by atoms with Crippen LogP contribution in [-0.2, 0) is 9.59 Å². The molecule has 1 unspecified atom stereocenters. The van der Waals surface area contributed by atoms with Crippen LogP contribution in [0.15, 0.2) is 0 Å². The van der Waals surface area contributed by atoms with Gasteiger partial charge in [-0.2, -0.15) is 0 Å². The minimum absolute atomic E-state index is 0.00995. The zero-order valence-electron chi connectivity index (χ0n) is 16.7. The Labute approximate surface area is 157 Å². The summed E-state index contributed by atoms with van der Waals surface area (Å²) in [6.45, 7) is 2.05. The Bertz CT molecular complexity index is 384. The highest BCUT2D eigenvalue weighted by atomic mass is 16.3. The van der Waals surface area contributed by atoms with Crippen LogP contribution in [0, 0.1) is 0 Å². The summed E-state index contributed by atoms with van der Waals surface area (Å²) >= 11 is 0. The van der Waals surface area contributed by atoms with Crippen LogP contribution in [0.4, 0.5) is 0 Å². The van der Waals surface area contributed by atoms with Crippen LogP contribution in [0.25, 0.3) is 0 Å². The molecule has 9 nitrogen and oxygen atoms in total. The molecule has 0 heterocycles. The Morgan fingerprint density at radius 3 is 1.81 bits per heavy atom. The Morgan fingerprint density at radius 1 is 0.769 bits per heavy atom. The molecule has 0 rings (SSSR count). The van der Waals surface area contributed by atoms with Crippen LogP contribution in [0.1, 0.15) is 25.7 Å². The maximum Gasteiger partial charge on any atom is 0.237 e. The average Bonchev–Trinajstić information content (AvgIpc) is 2.63. The van der Waals surface area contributed by atoms with Gasteiger partial charge in [0.2, 0.25) is 11.8 Å². The molecule has 0 aromatic heterocycles. The van der Waals surface area contributed by atoms with Gasteiger partial charge in [0.25, 0.3) is 0 Å². The number of hydrogen-bond donors (Lipinski definition) is 7. The second-order valence-electron chi connectivity index (χ2n) is 6.32. The molecule has 0 aliphatic carbocycles. The van der Waals surface area contributed by atoms with Gasteiger partial charge in [-0.25, -0.2) is 0 Å². The minimum Gasteiger partial charge on any atom is -0.390 e. The summed E-state index contributed by atoms with van der Waals surface area (Å²) in [5, 5.41) is 27.2. The highest BCUT2D eigenvalue weighted by Gasteiger charge is 2.18. The van der Waals surface area contributed by atoms with Gasteiger partial charge in [-0.3, -0.25) is 9.59 Å². The Hall–Kier alpha value is -1.26. The number of carbonyl (C=O) groups is 2. The fourth-order valence-electron chi connectivity index (χ4n) is 2.59. The molecule has 0 saturated carbocycles. The molecule has 0 aliphatic heterocycles. The van der Waals surface area contributed by atoms with Crippen molar-refractivity contribution in [1.29, 1.82) is 0 Å². The molecular formula is C17H38N6O3. The molecule has 0 bridgehead atoms. The third-order valence-corrected chi connectivity index (χ3v) is 4.17. The third-order valence-electron chi connectivity index (χ3n) is 4.17. The summed E-state index contributed by atoms with van der Waals surface area (Å²) in [5.74, 6) is -0.154. The standard InChI is InChI=1S/C17H38N6O3/c1-18-9-5-7-14(20-3)16(25)22-10-6-8-15(21-4)17(26)23-12-13(24)11-19-2/h13-15,18-21,24H,5-12H2,1-4H3,(H,22,25)(H,23,26)/t13?,14-,15-/m0/s1. The second-order valence-corrected chi connectivity index (χ2v) is 6.32. The molecule has 9 heteroatoms. The van der Waals surface area contributed by atoms with E-state index in [4.69, 9.17) is 0 Å². The van der Waals surface area contributed by atoms with Gasteiger partial charge >= 0.3 is 0 Å². The van der Waals surface area contributed by atoms with E-state index in [-0.39, 0.29) is 30.4 Å². The van der Waals surface area contributed by atoms with E-state index in [0.717, 1.165) is 19.4 Å². The lowest BCUT2D eigenvalue weighted by atomic mass is 10.1. The van der Waals surface area contributed by atoms with Gasteiger partial charge in [-0.1, -0.05) is 0 Å². The molecular weight excluding hydrogens is 336 g/mol. The van der Waals surface area contributed by atoms with Gasteiger partial charge in [0.05, 0.1) is 18.2 Å². The minimum atomic E-state index is -0.609. The van der Waals surface area contributed by atoms with Crippen LogP contribution in [0.5, 0.6) is 0 Å². The predicted molar refractivity (Wildman–Crippen MR) is 104 cm³/mol. The number of aliphatic hydroxyl groups excluding tert-OH is 1. The van der Waals surface area contributed by atoms with Crippen LogP contribution in [0.3, 0.4) is 0 Å². The van der Waals surface area contributed by atoms with Gasteiger partial charge in [-0.15, -0.1) is 0 Å². The number of amides is 2. The summed E-state index contributed by atoms with van der Waals surface area (Å²) in [7, 11) is 7.15. The fourth-order valence-corrected chi connectivity index (χ4v) is 2.59. The molecule has 0 saturated heterocycles. The first-order valence-electron chi connectivity index (χ1n) is 9.37. The number of aliphatic hydroxyl groups is 1. The highest BCUT2D eigenvalue weighted by molar-refractivity contribution is 5.82. The van der Waals surface area contributed by atoms with Crippen molar-refractivity contribution in [2.45, 2.75) is 43.9 Å². The van der Waals surface area contributed by atoms with Crippen molar-refractivity contribution in [3.05, 3.63) is 0 Å². The Balaban J connectivity index is 4.06. The van der Waals surface area contributed by atoms with E-state index in [1.165, 1.54) is 0 Å². The maximum absolute atomic E-state index is 12.1. The molecule has 0 radical (unpaired) electrons. The summed E-state index contributed by atoms with van der Waals surface area (Å²) in [6, 6.07) is -0.537. The zero-order chi connectivity index (χ0) is 19.8. The molecule has 2 amide bonds. The lowest BCUT2D eigenvalue weighted by Crippen LogP contribution is -2.47. The first kappa shape index (κ1) is 24.7. The average molecular weight is 375 g/mol. The van der Waals surface area contributed by atoms with Crippen molar-refractivity contribution < 1.29 is 14.7 Å². The Morgan fingerprint density at radius 2 is 1.31 bits per heavy atom. The summed E-state index contributed by atoms with van der Waals surface area (Å²) < 4.78 is 0. The van der Waals surface area contributed by atoms with Crippen LogP contribution >= 0.6 is 0 Å². The van der Waals surface area contributed by atoms with Crippen molar-refractivity contribution in [2.24, 2.45) is 0 Å². The van der Waals surface area contributed by atoms with Gasteiger partial charge in [0, 0.05) is 19.6 Å². The van der Waals surface area contributed by atoms with E-state index < -0.39 is 6.10 Å². The molecule has 7 N–H and O–H groups in total. The topological polar surface area (TPSA) is 127 Å². The van der Waals surface area contributed by atoms with Crippen molar-refractivity contribution >= 4 is 11.8 Å². The van der Waals surface area contributed by atoms with Gasteiger partial charge < -0.3 is 37.0 Å². The molecule has 3 atom stereocenters. The molecule has 0 aromatic rings. The molecule has 0 aliphatic rings. The fraction of sp³-hybridized carbons (Fsp3) is 0.882. The van der Waals surface area contributed by atoms with E-state index in [0.29, 0.717) is 25.9 Å². The normalized spacial score (nSPS) is 14.5. The lowest BCUT2D eigenvalue weighted by Gasteiger charge is -2.19. The van der Waals surface area contributed by atoms with E-state index in [2.05, 4.69) is 31.9 Å². The molecule has 0 fully saturated rings. The number of rotatable bonds is 16. The first-order chi connectivity index (χ1) is 12.5. The van der Waals surface area contributed by atoms with Crippen molar-refractivity contribution in [3.63, 3.8) is 0 Å². The monoisotopic (exact) mass is 374 g/mol. The Kier molecular flexibility index (Phi) is 15.2. The summed E-state index contributed by atoms with van der Waals surface area (Å²) in [5.41, 5.74) is 0. The SMILES string of the molecule is CNCCC[C@H](NC)C(=O)NCCC[C@H](NC)C(=O)NCC(O)CNC. The maximum atomic E-state index is 12.1. The van der Waals surface area contributed by atoms with Gasteiger partial charge in [0.1, 0.15) is 0 Å². The van der Waals surface area contributed by atoms with Gasteiger partial charge in [-0.05, 0) is 60.4 Å². The third kappa shape index (κ3) is 11.4. The largest absolute Gasteiger partial charge is 0.390 e. The van der Waals surface area contributed by atoms with Crippen LogP contribution in [0.2, 0.25) is 0 Å². The van der Waals surface area contributed by atoms with Crippen molar-refractivity contribution in [3.8, 4) is 0 Å². The van der Waals surface area contributed by atoms with Crippen LogP contribution in [-0.4, -0.2) is 89.5 Å². The van der Waals surface area contributed by atoms with Crippen LogP contribution < -0.4 is 31.9 Å². The summed E-state index contributed by atoms with van der Waals surface area (Å²) in [6.07, 6.45) is 2.39.